The normalized spacial score (nSPS) is 18.4. The zero-order chi connectivity index (χ0) is 23.3. The smallest absolute Gasteiger partial charge is 0.253 e. The number of hydrogen-bond donors (Lipinski definition) is 1. The lowest BCUT2D eigenvalue weighted by atomic mass is 9.88. The van der Waals surface area contributed by atoms with Crippen LogP contribution in [0.5, 0.6) is 0 Å². The molecular formula is C28H37N3O2. The van der Waals surface area contributed by atoms with E-state index in [1.807, 2.05) is 20.2 Å². The van der Waals surface area contributed by atoms with E-state index in [1.54, 1.807) is 4.57 Å². The molecule has 5 heteroatoms. The Labute approximate surface area is 196 Å². The number of aromatic nitrogens is 2. The predicted molar refractivity (Wildman–Crippen MR) is 135 cm³/mol. The lowest BCUT2D eigenvalue weighted by Gasteiger charge is -2.45. The zero-order valence-corrected chi connectivity index (χ0v) is 20.7. The van der Waals surface area contributed by atoms with Gasteiger partial charge in [-0.15, -0.1) is 0 Å². The molecule has 5 rings (SSSR count). The van der Waals surface area contributed by atoms with Crippen LogP contribution in [0, 0.1) is 19.8 Å². The molecule has 3 aromatic rings. The summed E-state index contributed by atoms with van der Waals surface area (Å²) in [5.41, 5.74) is 8.21. The lowest BCUT2D eigenvalue weighted by Crippen LogP contribution is -2.54. The second-order valence-electron chi connectivity index (χ2n) is 10.5. The lowest BCUT2D eigenvalue weighted by molar-refractivity contribution is -0.0148. The summed E-state index contributed by atoms with van der Waals surface area (Å²) in [6.07, 6.45) is 5.51. The van der Waals surface area contributed by atoms with E-state index in [-0.39, 0.29) is 5.56 Å². The van der Waals surface area contributed by atoms with Gasteiger partial charge in [0.2, 0.25) is 0 Å². The molecule has 1 N–H and O–H groups in total. The SMILES string of the molecule is Cc1c(-c2[nH]c3ccc(CC4CN(C5CCOCC5)C4)cc3c2C(C)C)cn(C)c(=O)c1C. The number of hydrogen-bond acceptors (Lipinski definition) is 3. The molecule has 0 radical (unpaired) electrons. The average Bonchev–Trinajstić information content (AvgIpc) is 3.16. The number of pyridine rings is 1. The van der Waals surface area contributed by atoms with Crippen LogP contribution in [0.3, 0.4) is 0 Å². The molecule has 2 fully saturated rings. The first-order chi connectivity index (χ1) is 15.8. The molecule has 2 aliphatic rings. The summed E-state index contributed by atoms with van der Waals surface area (Å²) in [4.78, 5) is 18.8. The Balaban J connectivity index is 1.43. The molecule has 0 spiro atoms. The van der Waals surface area contributed by atoms with E-state index in [4.69, 9.17) is 4.74 Å². The summed E-state index contributed by atoms with van der Waals surface area (Å²) < 4.78 is 7.23. The molecule has 2 aromatic heterocycles. The van der Waals surface area contributed by atoms with Crippen molar-refractivity contribution in [3.8, 4) is 11.3 Å². The molecule has 0 atom stereocenters. The minimum absolute atomic E-state index is 0.0797. The van der Waals surface area contributed by atoms with Crippen LogP contribution in [0.4, 0.5) is 0 Å². The van der Waals surface area contributed by atoms with Gasteiger partial charge in [-0.05, 0) is 73.8 Å². The molecule has 33 heavy (non-hydrogen) atoms. The van der Waals surface area contributed by atoms with Crippen molar-refractivity contribution in [3.63, 3.8) is 0 Å². The van der Waals surface area contributed by atoms with Gasteiger partial charge in [-0.2, -0.15) is 0 Å². The molecule has 4 heterocycles. The van der Waals surface area contributed by atoms with E-state index in [0.717, 1.165) is 54.0 Å². The number of nitrogens with one attached hydrogen (secondary N) is 1. The third kappa shape index (κ3) is 4.06. The van der Waals surface area contributed by atoms with Crippen LogP contribution >= 0.6 is 0 Å². The summed E-state index contributed by atoms with van der Waals surface area (Å²) in [6, 6.07) is 7.68. The number of rotatable bonds is 5. The topological polar surface area (TPSA) is 50.3 Å². The second kappa shape index (κ2) is 8.77. The van der Waals surface area contributed by atoms with Crippen LogP contribution < -0.4 is 5.56 Å². The maximum Gasteiger partial charge on any atom is 0.253 e. The molecule has 176 valence electrons. The van der Waals surface area contributed by atoms with E-state index in [0.29, 0.717) is 5.92 Å². The van der Waals surface area contributed by atoms with Crippen LogP contribution in [0.2, 0.25) is 0 Å². The van der Waals surface area contributed by atoms with Gasteiger partial charge >= 0.3 is 0 Å². The molecule has 0 bridgehead atoms. The van der Waals surface area contributed by atoms with Crippen molar-refractivity contribution in [1.29, 1.82) is 0 Å². The van der Waals surface area contributed by atoms with Crippen molar-refractivity contribution >= 4 is 10.9 Å². The largest absolute Gasteiger partial charge is 0.381 e. The fourth-order valence-electron chi connectivity index (χ4n) is 5.85. The molecule has 0 saturated carbocycles. The monoisotopic (exact) mass is 447 g/mol. The molecule has 5 nitrogen and oxygen atoms in total. The number of nitrogens with zero attached hydrogens (tertiary/aromatic N) is 2. The minimum Gasteiger partial charge on any atom is -0.381 e. The molecule has 0 aliphatic carbocycles. The number of H-pyrrole nitrogens is 1. The van der Waals surface area contributed by atoms with Crippen molar-refractivity contribution in [3.05, 3.63) is 57.0 Å². The summed E-state index contributed by atoms with van der Waals surface area (Å²) >= 11 is 0. The average molecular weight is 448 g/mol. The number of benzene rings is 1. The van der Waals surface area contributed by atoms with Gasteiger partial charge in [0.15, 0.2) is 0 Å². The quantitative estimate of drug-likeness (QED) is 0.604. The Morgan fingerprint density at radius 3 is 2.55 bits per heavy atom. The number of aromatic amines is 1. The third-order valence-electron chi connectivity index (χ3n) is 7.90. The highest BCUT2D eigenvalue weighted by Crippen LogP contribution is 2.38. The Morgan fingerprint density at radius 2 is 1.85 bits per heavy atom. The van der Waals surface area contributed by atoms with Crippen molar-refractivity contribution in [2.75, 3.05) is 26.3 Å². The van der Waals surface area contributed by atoms with Gasteiger partial charge in [-0.1, -0.05) is 19.9 Å². The van der Waals surface area contributed by atoms with Crippen molar-refractivity contribution < 1.29 is 4.74 Å². The van der Waals surface area contributed by atoms with Gasteiger partial charge in [-0.3, -0.25) is 9.69 Å². The van der Waals surface area contributed by atoms with Crippen molar-refractivity contribution in [1.82, 2.24) is 14.5 Å². The van der Waals surface area contributed by atoms with Gasteiger partial charge in [0, 0.05) is 67.6 Å². The number of aryl methyl sites for hydroxylation is 1. The molecule has 2 aliphatic heterocycles. The molecule has 1 aromatic carbocycles. The van der Waals surface area contributed by atoms with E-state index >= 15 is 0 Å². The second-order valence-corrected chi connectivity index (χ2v) is 10.5. The van der Waals surface area contributed by atoms with Gasteiger partial charge in [0.05, 0.1) is 5.69 Å². The van der Waals surface area contributed by atoms with E-state index < -0.39 is 0 Å². The van der Waals surface area contributed by atoms with Gasteiger partial charge < -0.3 is 14.3 Å². The van der Waals surface area contributed by atoms with Crippen LogP contribution in [-0.4, -0.2) is 46.8 Å². The third-order valence-corrected chi connectivity index (χ3v) is 7.90. The van der Waals surface area contributed by atoms with Gasteiger partial charge in [0.25, 0.3) is 5.56 Å². The summed E-state index contributed by atoms with van der Waals surface area (Å²) in [5.74, 6) is 1.13. The van der Waals surface area contributed by atoms with Crippen molar-refractivity contribution in [2.24, 2.45) is 13.0 Å². The summed E-state index contributed by atoms with van der Waals surface area (Å²) in [7, 11) is 1.84. The first kappa shape index (κ1) is 22.4. The van der Waals surface area contributed by atoms with E-state index in [9.17, 15) is 4.79 Å². The van der Waals surface area contributed by atoms with Crippen molar-refractivity contribution in [2.45, 2.75) is 58.9 Å². The fraction of sp³-hybridized carbons (Fsp3) is 0.536. The summed E-state index contributed by atoms with van der Waals surface area (Å²) in [5, 5.41) is 1.32. The van der Waals surface area contributed by atoms with Crippen LogP contribution in [0.15, 0.2) is 29.2 Å². The summed E-state index contributed by atoms with van der Waals surface area (Å²) in [6.45, 7) is 12.8. The van der Waals surface area contributed by atoms with Crippen LogP contribution in [-0.2, 0) is 18.2 Å². The Bertz CT molecular complexity index is 1220. The molecule has 2 saturated heterocycles. The first-order valence-corrected chi connectivity index (χ1v) is 12.5. The maximum atomic E-state index is 12.4. The Kier molecular flexibility index (Phi) is 5.96. The van der Waals surface area contributed by atoms with Gasteiger partial charge in [0.1, 0.15) is 0 Å². The fourth-order valence-corrected chi connectivity index (χ4v) is 5.85. The first-order valence-electron chi connectivity index (χ1n) is 12.5. The highest BCUT2D eigenvalue weighted by atomic mass is 16.5. The van der Waals surface area contributed by atoms with Crippen LogP contribution in [0.1, 0.15) is 54.9 Å². The van der Waals surface area contributed by atoms with Gasteiger partial charge in [-0.25, -0.2) is 0 Å². The molecular weight excluding hydrogens is 410 g/mol. The standard InChI is InChI=1S/C28H37N3O2/c1-17(2)26-23-13-20(12-21-14-31(15-21)22-8-10-33-11-9-22)6-7-25(23)29-27(26)24-16-30(5)28(32)19(4)18(24)3/h6-7,13,16-17,21-22,29H,8-12,14-15H2,1-5H3. The highest BCUT2D eigenvalue weighted by Gasteiger charge is 2.33. The predicted octanol–water partition coefficient (Wildman–Crippen LogP) is 4.93. The van der Waals surface area contributed by atoms with E-state index in [2.05, 4.69) is 48.9 Å². The number of likely N-dealkylation sites (tertiary alicyclic amines) is 1. The highest BCUT2D eigenvalue weighted by molar-refractivity contribution is 5.92. The Morgan fingerprint density at radius 1 is 1.12 bits per heavy atom. The van der Waals surface area contributed by atoms with Crippen LogP contribution in [0.25, 0.3) is 22.2 Å². The number of fused-ring (bicyclic) bond motifs is 1. The van der Waals surface area contributed by atoms with E-state index in [1.165, 1.54) is 48.0 Å². The molecule has 0 amide bonds. The maximum absolute atomic E-state index is 12.4. The minimum atomic E-state index is 0.0797. The Hall–Kier alpha value is -2.37. The molecule has 0 unspecified atom stereocenters. The number of ether oxygens (including phenoxy) is 1. The zero-order valence-electron chi connectivity index (χ0n) is 20.7.